The number of halogens is 1. The van der Waals surface area contributed by atoms with Gasteiger partial charge in [-0.3, -0.25) is 0 Å². The van der Waals surface area contributed by atoms with Crippen molar-refractivity contribution < 1.29 is 13.9 Å². The normalized spacial score (nSPS) is 11.6. The van der Waals surface area contributed by atoms with Gasteiger partial charge in [0, 0.05) is 18.7 Å². The van der Waals surface area contributed by atoms with E-state index in [0.29, 0.717) is 42.7 Å². The van der Waals surface area contributed by atoms with Gasteiger partial charge in [-0.1, -0.05) is 12.1 Å². The number of hydrogen-bond acceptors (Lipinski definition) is 4. The predicted octanol–water partition coefficient (Wildman–Crippen LogP) is 2.55. The van der Waals surface area contributed by atoms with Crippen molar-refractivity contribution in [1.29, 1.82) is 0 Å². The fraction of sp³-hybridized carbons (Fsp3) is 0.381. The first kappa shape index (κ1) is 21.5. The molecule has 152 valence electrons. The highest BCUT2D eigenvalue weighted by Crippen LogP contribution is 2.27. The van der Waals surface area contributed by atoms with Crippen molar-refractivity contribution >= 4 is 5.96 Å². The van der Waals surface area contributed by atoms with Crippen molar-refractivity contribution in [1.82, 2.24) is 10.2 Å². The third-order valence-corrected chi connectivity index (χ3v) is 4.20. The van der Waals surface area contributed by atoms with E-state index >= 15 is 0 Å². The molecule has 0 unspecified atom stereocenters. The Hall–Kier alpha value is -2.80. The van der Waals surface area contributed by atoms with Gasteiger partial charge in [0.15, 0.2) is 17.5 Å². The highest BCUT2D eigenvalue weighted by Gasteiger charge is 2.06. The summed E-state index contributed by atoms with van der Waals surface area (Å²) in [4.78, 5) is 6.27. The van der Waals surface area contributed by atoms with Gasteiger partial charge < -0.3 is 25.4 Å². The molecule has 0 amide bonds. The Bertz CT molecular complexity index is 809. The zero-order chi connectivity index (χ0) is 20.5. The van der Waals surface area contributed by atoms with Crippen LogP contribution in [0.5, 0.6) is 11.5 Å². The molecule has 0 aliphatic rings. The van der Waals surface area contributed by atoms with Gasteiger partial charge in [0.25, 0.3) is 0 Å². The first-order valence-electron chi connectivity index (χ1n) is 9.09. The summed E-state index contributed by atoms with van der Waals surface area (Å²) in [6.07, 6.45) is 0.764. The standard InChI is InChI=1S/C21H29FN4O2/c1-26(2)14-17-11-16(5-7-18(17)22)13-25-21(23)24-10-9-15-6-8-19(27-3)20(12-15)28-4/h5-8,11-12H,9-10,13-14H2,1-4H3,(H3,23,24,25). The van der Waals surface area contributed by atoms with Crippen molar-refractivity contribution in [3.8, 4) is 11.5 Å². The number of benzene rings is 2. The summed E-state index contributed by atoms with van der Waals surface area (Å²) in [6.45, 7) is 1.58. The predicted molar refractivity (Wildman–Crippen MR) is 110 cm³/mol. The molecule has 0 atom stereocenters. The molecule has 0 aliphatic carbocycles. The second-order valence-electron chi connectivity index (χ2n) is 6.73. The van der Waals surface area contributed by atoms with Crippen molar-refractivity contribution in [2.24, 2.45) is 10.7 Å². The van der Waals surface area contributed by atoms with Gasteiger partial charge in [0.05, 0.1) is 20.8 Å². The fourth-order valence-electron chi connectivity index (χ4n) is 2.79. The van der Waals surface area contributed by atoms with Crippen LogP contribution in [-0.2, 0) is 19.5 Å². The lowest BCUT2D eigenvalue weighted by molar-refractivity contribution is 0.354. The monoisotopic (exact) mass is 388 g/mol. The molecule has 0 heterocycles. The van der Waals surface area contributed by atoms with Crippen LogP contribution in [-0.4, -0.2) is 45.7 Å². The molecule has 0 saturated heterocycles. The van der Waals surface area contributed by atoms with Gasteiger partial charge in [-0.2, -0.15) is 0 Å². The lowest BCUT2D eigenvalue weighted by Gasteiger charge is -2.12. The van der Waals surface area contributed by atoms with Crippen LogP contribution in [0.15, 0.2) is 41.4 Å². The number of guanidine groups is 1. The van der Waals surface area contributed by atoms with Crippen LogP contribution < -0.4 is 20.5 Å². The lowest BCUT2D eigenvalue weighted by atomic mass is 10.1. The molecule has 2 rings (SSSR count). The molecule has 0 fully saturated rings. The maximum atomic E-state index is 13.8. The van der Waals surface area contributed by atoms with E-state index in [4.69, 9.17) is 15.2 Å². The molecule has 0 spiro atoms. The summed E-state index contributed by atoms with van der Waals surface area (Å²) >= 11 is 0. The lowest BCUT2D eigenvalue weighted by Crippen LogP contribution is -2.33. The molecule has 3 N–H and O–H groups in total. The summed E-state index contributed by atoms with van der Waals surface area (Å²) in [5.74, 6) is 1.56. The molecular formula is C21H29FN4O2. The number of ether oxygens (including phenoxy) is 2. The van der Waals surface area contributed by atoms with Crippen LogP contribution in [0.3, 0.4) is 0 Å². The Morgan fingerprint density at radius 1 is 1.07 bits per heavy atom. The summed E-state index contributed by atoms with van der Waals surface area (Å²) in [5, 5.41) is 3.10. The van der Waals surface area contributed by atoms with Crippen LogP contribution in [0, 0.1) is 5.82 Å². The first-order chi connectivity index (χ1) is 13.4. The largest absolute Gasteiger partial charge is 0.493 e. The zero-order valence-corrected chi connectivity index (χ0v) is 17.0. The van der Waals surface area contributed by atoms with E-state index in [1.54, 1.807) is 20.3 Å². The molecule has 0 aliphatic heterocycles. The minimum Gasteiger partial charge on any atom is -0.493 e. The maximum Gasteiger partial charge on any atom is 0.188 e. The fourth-order valence-corrected chi connectivity index (χ4v) is 2.79. The van der Waals surface area contributed by atoms with Gasteiger partial charge in [0.1, 0.15) is 5.82 Å². The van der Waals surface area contributed by atoms with Gasteiger partial charge in [0.2, 0.25) is 0 Å². The van der Waals surface area contributed by atoms with Crippen LogP contribution >= 0.6 is 0 Å². The minimum atomic E-state index is -0.206. The van der Waals surface area contributed by atoms with E-state index in [9.17, 15) is 4.39 Å². The Kier molecular flexibility index (Phi) is 8.07. The Balaban J connectivity index is 1.88. The van der Waals surface area contributed by atoms with Crippen molar-refractivity contribution in [3.63, 3.8) is 0 Å². The van der Waals surface area contributed by atoms with E-state index in [1.165, 1.54) is 6.07 Å². The molecule has 28 heavy (non-hydrogen) atoms. The SMILES string of the molecule is COc1ccc(CCNC(N)=NCc2ccc(F)c(CN(C)C)c2)cc1OC. The molecule has 0 saturated carbocycles. The van der Waals surface area contributed by atoms with E-state index in [1.807, 2.05) is 43.3 Å². The van der Waals surface area contributed by atoms with Crippen LogP contribution in [0.4, 0.5) is 4.39 Å². The van der Waals surface area contributed by atoms with E-state index in [2.05, 4.69) is 10.3 Å². The molecule has 2 aromatic rings. The number of hydrogen-bond donors (Lipinski definition) is 2. The molecule has 0 radical (unpaired) electrons. The number of nitrogens with one attached hydrogen (secondary N) is 1. The quantitative estimate of drug-likeness (QED) is 0.510. The van der Waals surface area contributed by atoms with Crippen molar-refractivity contribution in [2.45, 2.75) is 19.5 Å². The van der Waals surface area contributed by atoms with Gasteiger partial charge in [-0.05, 0) is 55.9 Å². The first-order valence-corrected chi connectivity index (χ1v) is 9.09. The molecule has 6 nitrogen and oxygen atoms in total. The summed E-state index contributed by atoms with van der Waals surface area (Å²) < 4.78 is 24.4. The van der Waals surface area contributed by atoms with Crippen molar-refractivity contribution in [2.75, 3.05) is 34.9 Å². The third-order valence-electron chi connectivity index (χ3n) is 4.20. The van der Waals surface area contributed by atoms with Gasteiger partial charge >= 0.3 is 0 Å². The number of nitrogens with zero attached hydrogens (tertiary/aromatic N) is 2. The summed E-state index contributed by atoms with van der Waals surface area (Å²) in [6, 6.07) is 10.8. The van der Waals surface area contributed by atoms with E-state index in [0.717, 1.165) is 17.5 Å². The van der Waals surface area contributed by atoms with E-state index < -0.39 is 0 Å². The van der Waals surface area contributed by atoms with E-state index in [-0.39, 0.29) is 5.82 Å². The van der Waals surface area contributed by atoms with Crippen LogP contribution in [0.25, 0.3) is 0 Å². The van der Waals surface area contributed by atoms with Gasteiger partial charge in [-0.25, -0.2) is 9.38 Å². The summed E-state index contributed by atoms with van der Waals surface area (Å²) in [5.41, 5.74) is 8.62. The number of methoxy groups -OCH3 is 2. The Morgan fingerprint density at radius 3 is 2.46 bits per heavy atom. The molecule has 7 heteroatoms. The smallest absolute Gasteiger partial charge is 0.188 e. The van der Waals surface area contributed by atoms with Crippen molar-refractivity contribution in [3.05, 3.63) is 58.9 Å². The Labute approximate surface area is 166 Å². The average Bonchev–Trinajstić information content (AvgIpc) is 2.68. The molecule has 2 aromatic carbocycles. The highest BCUT2D eigenvalue weighted by atomic mass is 19.1. The topological polar surface area (TPSA) is 72.1 Å². The summed E-state index contributed by atoms with van der Waals surface area (Å²) in [7, 11) is 7.04. The Morgan fingerprint density at radius 2 is 1.79 bits per heavy atom. The third kappa shape index (κ3) is 6.42. The van der Waals surface area contributed by atoms with Gasteiger partial charge in [-0.15, -0.1) is 0 Å². The second-order valence-corrected chi connectivity index (χ2v) is 6.73. The molecule has 0 aromatic heterocycles. The number of rotatable bonds is 9. The number of aliphatic imine (C=N–C) groups is 1. The molecular weight excluding hydrogens is 359 g/mol. The number of nitrogens with two attached hydrogens (primary N) is 1. The van der Waals surface area contributed by atoms with Crippen LogP contribution in [0.2, 0.25) is 0 Å². The molecule has 0 bridgehead atoms. The highest BCUT2D eigenvalue weighted by molar-refractivity contribution is 5.77. The second kappa shape index (κ2) is 10.5. The maximum absolute atomic E-state index is 13.8. The average molecular weight is 388 g/mol. The van der Waals surface area contributed by atoms with Crippen LogP contribution in [0.1, 0.15) is 16.7 Å². The zero-order valence-electron chi connectivity index (χ0n) is 17.0. The minimum absolute atomic E-state index is 0.206.